The molecule has 1 aromatic carbocycles. The summed E-state index contributed by atoms with van der Waals surface area (Å²) in [4.78, 5) is 18.9. The van der Waals surface area contributed by atoms with Crippen LogP contribution in [0.5, 0.6) is 0 Å². The SMILES string of the molecule is COCCn1ccnc1[C@@H]1CCCN(C(=O)c2cc(Cl)ccc2F)C1. The molecule has 1 fully saturated rings. The Bertz CT molecular complexity index is 750. The van der Waals surface area contributed by atoms with Crippen LogP contribution in [0.4, 0.5) is 4.39 Å². The first kappa shape index (κ1) is 17.9. The third kappa shape index (κ3) is 4.02. The summed E-state index contributed by atoms with van der Waals surface area (Å²) in [6.07, 6.45) is 5.50. The van der Waals surface area contributed by atoms with Gasteiger partial charge >= 0.3 is 0 Å². The zero-order valence-corrected chi connectivity index (χ0v) is 14.9. The molecule has 7 heteroatoms. The summed E-state index contributed by atoms with van der Waals surface area (Å²) < 4.78 is 21.2. The fourth-order valence-corrected chi connectivity index (χ4v) is 3.44. The van der Waals surface area contributed by atoms with Crippen molar-refractivity contribution in [2.75, 3.05) is 26.8 Å². The highest BCUT2D eigenvalue weighted by atomic mass is 35.5. The van der Waals surface area contributed by atoms with Crippen molar-refractivity contribution in [1.82, 2.24) is 14.5 Å². The first-order chi connectivity index (χ1) is 12.1. The van der Waals surface area contributed by atoms with Crippen molar-refractivity contribution in [2.24, 2.45) is 0 Å². The number of carbonyl (C=O) groups is 1. The van der Waals surface area contributed by atoms with Crippen molar-refractivity contribution in [3.05, 3.63) is 52.8 Å². The van der Waals surface area contributed by atoms with Gasteiger partial charge in [-0.25, -0.2) is 9.37 Å². The van der Waals surface area contributed by atoms with Crippen LogP contribution in [0.2, 0.25) is 5.02 Å². The number of halogens is 2. The van der Waals surface area contributed by atoms with E-state index in [9.17, 15) is 9.18 Å². The number of rotatable bonds is 5. The number of hydrogen-bond donors (Lipinski definition) is 0. The van der Waals surface area contributed by atoms with E-state index in [1.54, 1.807) is 18.2 Å². The molecule has 2 heterocycles. The highest BCUT2D eigenvalue weighted by molar-refractivity contribution is 6.31. The van der Waals surface area contributed by atoms with E-state index in [1.165, 1.54) is 18.2 Å². The summed E-state index contributed by atoms with van der Waals surface area (Å²) in [5.41, 5.74) is 0.0240. The molecule has 1 atom stereocenters. The third-order valence-corrected chi connectivity index (χ3v) is 4.75. The number of likely N-dealkylation sites (tertiary alicyclic amines) is 1. The van der Waals surface area contributed by atoms with Crippen molar-refractivity contribution in [3.8, 4) is 0 Å². The molecule has 1 aliphatic heterocycles. The Morgan fingerprint density at radius 1 is 1.48 bits per heavy atom. The van der Waals surface area contributed by atoms with Gasteiger partial charge in [0.1, 0.15) is 11.6 Å². The van der Waals surface area contributed by atoms with Crippen LogP contribution in [0.25, 0.3) is 0 Å². The zero-order chi connectivity index (χ0) is 17.8. The molecule has 0 saturated carbocycles. The van der Waals surface area contributed by atoms with Crippen molar-refractivity contribution in [3.63, 3.8) is 0 Å². The smallest absolute Gasteiger partial charge is 0.256 e. The number of carbonyl (C=O) groups excluding carboxylic acids is 1. The summed E-state index contributed by atoms with van der Waals surface area (Å²) in [6, 6.07) is 4.07. The Morgan fingerprint density at radius 3 is 3.12 bits per heavy atom. The van der Waals surface area contributed by atoms with E-state index in [0.29, 0.717) is 24.7 Å². The summed E-state index contributed by atoms with van der Waals surface area (Å²) >= 11 is 5.92. The zero-order valence-electron chi connectivity index (χ0n) is 14.1. The minimum Gasteiger partial charge on any atom is -0.383 e. The molecule has 1 aromatic heterocycles. The summed E-state index contributed by atoms with van der Waals surface area (Å²) in [5.74, 6) is 0.214. The van der Waals surface area contributed by atoms with Gasteiger partial charge in [-0.3, -0.25) is 4.79 Å². The van der Waals surface area contributed by atoms with Gasteiger partial charge in [-0.05, 0) is 31.0 Å². The maximum Gasteiger partial charge on any atom is 0.256 e. The Hall–Kier alpha value is -1.92. The Kier molecular flexibility index (Phi) is 5.71. The number of amides is 1. The number of imidazole rings is 1. The topological polar surface area (TPSA) is 47.4 Å². The van der Waals surface area contributed by atoms with Gasteiger partial charge < -0.3 is 14.2 Å². The first-order valence-electron chi connectivity index (χ1n) is 8.34. The van der Waals surface area contributed by atoms with Gasteiger partial charge in [0.2, 0.25) is 0 Å². The maximum atomic E-state index is 14.0. The highest BCUT2D eigenvalue weighted by Gasteiger charge is 2.29. The molecule has 25 heavy (non-hydrogen) atoms. The standard InChI is InChI=1S/C18H21ClFN3O2/c1-25-10-9-22-8-6-21-17(22)13-3-2-7-23(12-13)18(24)15-11-14(19)4-5-16(15)20/h4-6,8,11,13H,2-3,7,9-10,12H2,1H3/t13-/m1/s1. The van der Waals surface area contributed by atoms with E-state index in [2.05, 4.69) is 9.55 Å². The minimum atomic E-state index is -0.543. The van der Waals surface area contributed by atoms with E-state index in [0.717, 1.165) is 25.2 Å². The van der Waals surface area contributed by atoms with Crippen LogP contribution in [0.15, 0.2) is 30.6 Å². The normalized spacial score (nSPS) is 17.7. The molecule has 0 unspecified atom stereocenters. The van der Waals surface area contributed by atoms with Crippen LogP contribution in [0.3, 0.4) is 0 Å². The number of ether oxygens (including phenoxy) is 1. The van der Waals surface area contributed by atoms with Gasteiger partial charge in [0.05, 0.1) is 12.2 Å². The Balaban J connectivity index is 1.76. The molecule has 1 saturated heterocycles. The molecule has 1 amide bonds. The molecule has 0 N–H and O–H groups in total. The van der Waals surface area contributed by atoms with E-state index in [4.69, 9.17) is 16.3 Å². The van der Waals surface area contributed by atoms with Gasteiger partial charge in [0.25, 0.3) is 5.91 Å². The molecular formula is C18H21ClFN3O2. The maximum absolute atomic E-state index is 14.0. The number of piperidine rings is 1. The van der Waals surface area contributed by atoms with Crippen LogP contribution in [0, 0.1) is 5.82 Å². The second-order valence-electron chi connectivity index (χ2n) is 6.19. The van der Waals surface area contributed by atoms with Gasteiger partial charge in [-0.1, -0.05) is 11.6 Å². The molecule has 134 valence electrons. The minimum absolute atomic E-state index is 0.0240. The van der Waals surface area contributed by atoms with Crippen LogP contribution >= 0.6 is 11.6 Å². The van der Waals surface area contributed by atoms with Gasteiger partial charge in [-0.2, -0.15) is 0 Å². The van der Waals surface area contributed by atoms with Crippen LogP contribution in [-0.4, -0.2) is 47.2 Å². The van der Waals surface area contributed by atoms with Crippen molar-refractivity contribution >= 4 is 17.5 Å². The van der Waals surface area contributed by atoms with Crippen molar-refractivity contribution in [1.29, 1.82) is 0 Å². The second-order valence-corrected chi connectivity index (χ2v) is 6.62. The van der Waals surface area contributed by atoms with E-state index < -0.39 is 5.82 Å². The van der Waals surface area contributed by atoms with Gasteiger partial charge in [-0.15, -0.1) is 0 Å². The predicted molar refractivity (Wildman–Crippen MR) is 93.4 cm³/mol. The monoisotopic (exact) mass is 365 g/mol. The highest BCUT2D eigenvalue weighted by Crippen LogP contribution is 2.27. The van der Waals surface area contributed by atoms with Crippen molar-refractivity contribution < 1.29 is 13.9 Å². The predicted octanol–water partition coefficient (Wildman–Crippen LogP) is 3.34. The van der Waals surface area contributed by atoms with Crippen LogP contribution < -0.4 is 0 Å². The van der Waals surface area contributed by atoms with Gasteiger partial charge in [0, 0.05) is 50.1 Å². The quantitative estimate of drug-likeness (QED) is 0.816. The van der Waals surface area contributed by atoms with Crippen molar-refractivity contribution in [2.45, 2.75) is 25.3 Å². The lowest BCUT2D eigenvalue weighted by molar-refractivity contribution is 0.0698. The molecular weight excluding hydrogens is 345 g/mol. The molecule has 3 rings (SSSR count). The average Bonchev–Trinajstić information content (AvgIpc) is 3.10. The summed E-state index contributed by atoms with van der Waals surface area (Å²) in [5, 5.41) is 0.355. The number of aromatic nitrogens is 2. The molecule has 1 aliphatic rings. The van der Waals surface area contributed by atoms with Crippen LogP contribution in [0.1, 0.15) is 34.9 Å². The number of benzene rings is 1. The third-order valence-electron chi connectivity index (χ3n) is 4.52. The second kappa shape index (κ2) is 7.97. The largest absolute Gasteiger partial charge is 0.383 e. The fraction of sp³-hybridized carbons (Fsp3) is 0.444. The molecule has 0 radical (unpaired) electrons. The summed E-state index contributed by atoms with van der Waals surface area (Å²) in [6.45, 7) is 2.46. The Morgan fingerprint density at radius 2 is 2.32 bits per heavy atom. The fourth-order valence-electron chi connectivity index (χ4n) is 3.26. The Labute approximate surface area is 151 Å². The lowest BCUT2D eigenvalue weighted by Crippen LogP contribution is -2.40. The van der Waals surface area contributed by atoms with Gasteiger partial charge in [0.15, 0.2) is 0 Å². The molecule has 0 spiro atoms. The molecule has 0 bridgehead atoms. The van der Waals surface area contributed by atoms with E-state index in [1.807, 2.05) is 6.20 Å². The first-order valence-corrected chi connectivity index (χ1v) is 8.72. The lowest BCUT2D eigenvalue weighted by Gasteiger charge is -2.33. The van der Waals surface area contributed by atoms with E-state index in [-0.39, 0.29) is 17.4 Å². The lowest BCUT2D eigenvalue weighted by atomic mass is 9.96. The summed E-state index contributed by atoms with van der Waals surface area (Å²) in [7, 11) is 1.66. The number of methoxy groups -OCH3 is 1. The number of nitrogens with zero attached hydrogens (tertiary/aromatic N) is 3. The molecule has 2 aromatic rings. The molecule has 5 nitrogen and oxygen atoms in total. The van der Waals surface area contributed by atoms with E-state index >= 15 is 0 Å². The molecule has 0 aliphatic carbocycles. The number of hydrogen-bond acceptors (Lipinski definition) is 3. The van der Waals surface area contributed by atoms with Crippen LogP contribution in [-0.2, 0) is 11.3 Å². The average molecular weight is 366 g/mol.